The number of nitro benzene ring substituents is 1. The third kappa shape index (κ3) is 2.01. The summed E-state index contributed by atoms with van der Waals surface area (Å²) < 4.78 is 6.21. The quantitative estimate of drug-likeness (QED) is 0.616. The van der Waals surface area contributed by atoms with Crippen molar-refractivity contribution in [3.63, 3.8) is 0 Å². The molecule has 0 aliphatic carbocycles. The maximum Gasteiger partial charge on any atom is 0.270 e. The van der Waals surface area contributed by atoms with Crippen molar-refractivity contribution in [2.45, 2.75) is 19.1 Å². The van der Waals surface area contributed by atoms with Crippen molar-refractivity contribution in [1.29, 1.82) is 0 Å². The third-order valence-corrected chi connectivity index (χ3v) is 3.91. The highest BCUT2D eigenvalue weighted by Crippen LogP contribution is 2.41. The Kier molecular flexibility index (Phi) is 3.05. The minimum atomic E-state index is -0.632. The molecular weight excluding hydrogens is 268 g/mol. The molecule has 2 aliphatic rings. The Labute approximate surface area is 123 Å². The van der Waals surface area contributed by atoms with Crippen LogP contribution in [0.15, 0.2) is 48.2 Å². The summed E-state index contributed by atoms with van der Waals surface area (Å²) in [5.41, 5.74) is 1.26. The normalized spacial score (nSPS) is 22.8. The molecule has 0 N–H and O–H groups in total. The van der Waals surface area contributed by atoms with Gasteiger partial charge in [-0.25, -0.2) is 0 Å². The molecule has 21 heavy (non-hydrogen) atoms. The number of benzene rings is 1. The molecule has 0 bridgehead atoms. The summed E-state index contributed by atoms with van der Waals surface area (Å²) >= 11 is 0. The number of nitrogens with zero attached hydrogens (tertiary/aromatic N) is 2. The lowest BCUT2D eigenvalue weighted by Crippen LogP contribution is -2.50. The highest BCUT2D eigenvalue weighted by molar-refractivity contribution is 5.68. The molecule has 2 heterocycles. The summed E-state index contributed by atoms with van der Waals surface area (Å²) in [5, 5.41) is 10.9. The molecule has 1 atom stereocenters. The SMILES string of the molecule is CCC1=Cc2cc([N+](=O)[O-])ccc2OC12C=CC=CN2C. The van der Waals surface area contributed by atoms with Gasteiger partial charge in [0.05, 0.1) is 4.92 Å². The molecule has 0 radical (unpaired) electrons. The van der Waals surface area contributed by atoms with Crippen molar-refractivity contribution in [3.05, 3.63) is 63.9 Å². The average molecular weight is 284 g/mol. The second-order valence-electron chi connectivity index (χ2n) is 5.11. The summed E-state index contributed by atoms with van der Waals surface area (Å²) in [5.74, 6) is 0.657. The predicted octanol–water partition coefficient (Wildman–Crippen LogP) is 3.49. The van der Waals surface area contributed by atoms with Crippen molar-refractivity contribution in [2.75, 3.05) is 7.05 Å². The van der Waals surface area contributed by atoms with Crippen LogP contribution in [0.5, 0.6) is 5.75 Å². The second kappa shape index (κ2) is 4.77. The van der Waals surface area contributed by atoms with Crippen molar-refractivity contribution in [1.82, 2.24) is 4.90 Å². The van der Waals surface area contributed by atoms with Crippen LogP contribution in [0, 0.1) is 10.1 Å². The van der Waals surface area contributed by atoms with Gasteiger partial charge >= 0.3 is 0 Å². The molecular formula is C16H16N2O3. The first-order valence-corrected chi connectivity index (χ1v) is 6.84. The van der Waals surface area contributed by atoms with Gasteiger partial charge in [-0.05, 0) is 36.3 Å². The molecule has 1 aromatic rings. The Morgan fingerprint density at radius 2 is 2.19 bits per heavy atom. The maximum absolute atomic E-state index is 10.9. The van der Waals surface area contributed by atoms with Gasteiger partial charge in [0.25, 0.3) is 5.69 Å². The lowest BCUT2D eigenvalue weighted by atomic mass is 9.91. The fraction of sp³-hybridized carbons (Fsp3) is 0.250. The first-order valence-electron chi connectivity index (χ1n) is 6.84. The highest BCUT2D eigenvalue weighted by atomic mass is 16.6. The van der Waals surface area contributed by atoms with Gasteiger partial charge in [-0.3, -0.25) is 10.1 Å². The van der Waals surface area contributed by atoms with Gasteiger partial charge in [-0.15, -0.1) is 0 Å². The number of nitro groups is 1. The summed E-state index contributed by atoms with van der Waals surface area (Å²) in [6.45, 7) is 2.05. The Morgan fingerprint density at radius 3 is 2.86 bits per heavy atom. The first-order chi connectivity index (χ1) is 10.1. The second-order valence-corrected chi connectivity index (χ2v) is 5.11. The average Bonchev–Trinajstić information content (AvgIpc) is 2.49. The standard InChI is InChI=1S/C16H16N2O3/c1-3-13-10-12-11-14(18(19)20)6-7-15(12)21-16(13)8-4-5-9-17(16)2/h4-11H,3H2,1-2H3. The van der Waals surface area contributed by atoms with Crippen LogP contribution in [0.25, 0.3) is 6.08 Å². The Morgan fingerprint density at radius 1 is 1.38 bits per heavy atom. The molecule has 108 valence electrons. The molecule has 0 aromatic heterocycles. The number of rotatable bonds is 2. The zero-order chi connectivity index (χ0) is 15.0. The Bertz CT molecular complexity index is 691. The zero-order valence-electron chi connectivity index (χ0n) is 11.9. The molecule has 0 fully saturated rings. The van der Waals surface area contributed by atoms with E-state index in [2.05, 4.69) is 6.92 Å². The molecule has 2 aliphatic heterocycles. The number of hydrogen-bond acceptors (Lipinski definition) is 4. The van der Waals surface area contributed by atoms with Crippen LogP contribution in [0.2, 0.25) is 0 Å². The number of ether oxygens (including phenoxy) is 1. The van der Waals surface area contributed by atoms with Crippen LogP contribution in [0.3, 0.4) is 0 Å². The maximum atomic E-state index is 10.9. The lowest BCUT2D eigenvalue weighted by molar-refractivity contribution is -0.384. The summed E-state index contributed by atoms with van der Waals surface area (Å²) in [6, 6.07) is 4.69. The minimum Gasteiger partial charge on any atom is -0.460 e. The molecule has 5 heteroatoms. The monoisotopic (exact) mass is 284 g/mol. The van der Waals surface area contributed by atoms with E-state index >= 15 is 0 Å². The van der Waals surface area contributed by atoms with Gasteiger partial charge in [-0.1, -0.05) is 13.0 Å². The number of non-ortho nitro benzene ring substituents is 1. The van der Waals surface area contributed by atoms with Gasteiger partial charge in [0.2, 0.25) is 5.72 Å². The topological polar surface area (TPSA) is 55.6 Å². The minimum absolute atomic E-state index is 0.0763. The van der Waals surface area contributed by atoms with Crippen molar-refractivity contribution in [3.8, 4) is 5.75 Å². The largest absolute Gasteiger partial charge is 0.460 e. The van der Waals surface area contributed by atoms with Crippen molar-refractivity contribution < 1.29 is 9.66 Å². The molecule has 0 saturated heterocycles. The zero-order valence-corrected chi connectivity index (χ0v) is 11.9. The molecule has 1 unspecified atom stereocenters. The van der Waals surface area contributed by atoms with Crippen LogP contribution in [0.1, 0.15) is 18.9 Å². The van der Waals surface area contributed by atoms with E-state index in [-0.39, 0.29) is 10.6 Å². The van der Waals surface area contributed by atoms with E-state index in [1.165, 1.54) is 6.07 Å². The number of allylic oxidation sites excluding steroid dienone is 2. The molecule has 1 spiro atoms. The van der Waals surface area contributed by atoms with Crippen LogP contribution in [0.4, 0.5) is 5.69 Å². The molecule has 0 saturated carbocycles. The third-order valence-electron chi connectivity index (χ3n) is 3.91. The van der Waals surface area contributed by atoms with Crippen LogP contribution < -0.4 is 4.74 Å². The van der Waals surface area contributed by atoms with Gasteiger partial charge in [0, 0.05) is 30.9 Å². The van der Waals surface area contributed by atoms with Gasteiger partial charge in [0.15, 0.2) is 0 Å². The molecule has 1 aromatic carbocycles. The van der Waals surface area contributed by atoms with Crippen molar-refractivity contribution in [2.24, 2.45) is 0 Å². The number of fused-ring (bicyclic) bond motifs is 1. The van der Waals surface area contributed by atoms with E-state index in [4.69, 9.17) is 4.74 Å². The summed E-state index contributed by atoms with van der Waals surface area (Å²) in [7, 11) is 1.96. The van der Waals surface area contributed by atoms with Crippen LogP contribution in [-0.2, 0) is 0 Å². The van der Waals surface area contributed by atoms with E-state index in [0.717, 1.165) is 17.6 Å². The Hall–Kier alpha value is -2.56. The van der Waals surface area contributed by atoms with Gasteiger partial charge < -0.3 is 9.64 Å². The van der Waals surface area contributed by atoms with E-state index in [1.54, 1.807) is 12.1 Å². The molecule has 3 rings (SSSR count). The van der Waals surface area contributed by atoms with Gasteiger partial charge in [0.1, 0.15) is 5.75 Å². The lowest BCUT2D eigenvalue weighted by Gasteiger charge is -2.44. The number of likely N-dealkylation sites (N-methyl/N-ethyl adjacent to an activating group) is 1. The highest BCUT2D eigenvalue weighted by Gasteiger charge is 2.40. The van der Waals surface area contributed by atoms with Crippen LogP contribution in [-0.4, -0.2) is 22.6 Å². The predicted molar refractivity (Wildman–Crippen MR) is 80.8 cm³/mol. The first kappa shape index (κ1) is 13.4. The number of hydrogen-bond donors (Lipinski definition) is 0. The smallest absolute Gasteiger partial charge is 0.270 e. The molecule has 0 amide bonds. The van der Waals surface area contributed by atoms with Crippen LogP contribution >= 0.6 is 0 Å². The van der Waals surface area contributed by atoms with Crippen molar-refractivity contribution >= 4 is 11.8 Å². The molecule has 5 nitrogen and oxygen atoms in total. The van der Waals surface area contributed by atoms with Gasteiger partial charge in [-0.2, -0.15) is 0 Å². The van der Waals surface area contributed by atoms with E-state index in [1.807, 2.05) is 42.5 Å². The summed E-state index contributed by atoms with van der Waals surface area (Å²) in [6.07, 6.45) is 10.7. The fourth-order valence-corrected chi connectivity index (χ4v) is 2.77. The fourth-order valence-electron chi connectivity index (χ4n) is 2.77. The summed E-state index contributed by atoms with van der Waals surface area (Å²) in [4.78, 5) is 12.5. The van der Waals surface area contributed by atoms with E-state index < -0.39 is 5.72 Å². The van der Waals surface area contributed by atoms with E-state index in [9.17, 15) is 10.1 Å². The van der Waals surface area contributed by atoms with E-state index in [0.29, 0.717) is 5.75 Å². The Balaban J connectivity index is 2.12.